The number of benzene rings is 2. The van der Waals surface area contributed by atoms with Crippen LogP contribution in [0.1, 0.15) is 11.6 Å². The lowest BCUT2D eigenvalue weighted by molar-refractivity contribution is -0.384. The number of amides is 1. The molecule has 0 aliphatic rings. The van der Waals surface area contributed by atoms with Crippen molar-refractivity contribution in [1.29, 1.82) is 0 Å². The molecule has 8 heteroatoms. The molecular weight excluding hydrogens is 351 g/mol. The van der Waals surface area contributed by atoms with Gasteiger partial charge in [-0.1, -0.05) is 42.5 Å². The molecule has 136 valence electrons. The average Bonchev–Trinajstić information content (AvgIpc) is 2.67. The number of hydrogen-bond acceptors (Lipinski definition) is 5. The third-order valence-corrected chi connectivity index (χ3v) is 3.90. The van der Waals surface area contributed by atoms with E-state index in [1.54, 1.807) is 30.3 Å². The van der Waals surface area contributed by atoms with E-state index in [2.05, 4.69) is 10.3 Å². The van der Waals surface area contributed by atoms with E-state index >= 15 is 0 Å². The van der Waals surface area contributed by atoms with Crippen LogP contribution in [0.2, 0.25) is 0 Å². The van der Waals surface area contributed by atoms with Crippen LogP contribution in [0.15, 0.2) is 66.7 Å². The number of carbonyl (C=O) groups excluding carboxylic acids is 1. The highest BCUT2D eigenvalue weighted by molar-refractivity contribution is 5.84. The second-order valence-electron chi connectivity index (χ2n) is 5.72. The number of primary amides is 1. The Labute approximate surface area is 153 Å². The zero-order valence-electron chi connectivity index (χ0n) is 14.0. The summed E-state index contributed by atoms with van der Waals surface area (Å²) in [6.07, 6.45) is 0. The lowest BCUT2D eigenvalue weighted by Gasteiger charge is -2.17. The minimum atomic E-state index is -0.969. The van der Waals surface area contributed by atoms with Crippen LogP contribution in [0.5, 0.6) is 0 Å². The van der Waals surface area contributed by atoms with E-state index in [1.807, 2.05) is 0 Å². The zero-order valence-corrected chi connectivity index (χ0v) is 14.0. The van der Waals surface area contributed by atoms with Gasteiger partial charge in [0.25, 0.3) is 5.69 Å². The number of halogens is 1. The summed E-state index contributed by atoms with van der Waals surface area (Å²) in [4.78, 5) is 26.9. The van der Waals surface area contributed by atoms with Crippen LogP contribution in [0.25, 0.3) is 11.3 Å². The maximum absolute atomic E-state index is 13.1. The van der Waals surface area contributed by atoms with Gasteiger partial charge in [-0.15, -0.1) is 0 Å². The van der Waals surface area contributed by atoms with Gasteiger partial charge in [-0.05, 0) is 23.8 Å². The first-order valence-corrected chi connectivity index (χ1v) is 7.98. The largest absolute Gasteiger partial charge is 0.368 e. The van der Waals surface area contributed by atoms with Crippen LogP contribution < -0.4 is 11.1 Å². The van der Waals surface area contributed by atoms with Crippen molar-refractivity contribution < 1.29 is 14.1 Å². The van der Waals surface area contributed by atoms with Gasteiger partial charge in [-0.25, -0.2) is 9.37 Å². The van der Waals surface area contributed by atoms with Gasteiger partial charge in [-0.3, -0.25) is 14.9 Å². The first-order valence-electron chi connectivity index (χ1n) is 7.98. The van der Waals surface area contributed by atoms with Crippen molar-refractivity contribution in [2.45, 2.75) is 6.04 Å². The van der Waals surface area contributed by atoms with Gasteiger partial charge < -0.3 is 11.1 Å². The molecule has 1 unspecified atom stereocenters. The second-order valence-corrected chi connectivity index (χ2v) is 5.72. The number of hydrogen-bond donors (Lipinski definition) is 2. The van der Waals surface area contributed by atoms with Crippen LogP contribution in [-0.2, 0) is 4.79 Å². The first-order chi connectivity index (χ1) is 13.0. The average molecular weight is 366 g/mol. The van der Waals surface area contributed by atoms with Crippen LogP contribution in [0.3, 0.4) is 0 Å². The van der Waals surface area contributed by atoms with E-state index in [1.165, 1.54) is 36.4 Å². The van der Waals surface area contributed by atoms with E-state index in [9.17, 15) is 19.3 Å². The van der Waals surface area contributed by atoms with E-state index in [-0.39, 0.29) is 17.2 Å². The second kappa shape index (κ2) is 7.61. The maximum Gasteiger partial charge on any atom is 0.295 e. The molecule has 1 amide bonds. The Hall–Kier alpha value is -3.81. The molecule has 0 fully saturated rings. The minimum Gasteiger partial charge on any atom is -0.368 e. The third-order valence-electron chi connectivity index (χ3n) is 3.90. The molecule has 3 N–H and O–H groups in total. The number of nitro groups is 1. The van der Waals surface area contributed by atoms with E-state index in [4.69, 9.17) is 5.73 Å². The standard InChI is InChI=1S/C19H15FN4O3/c20-14-8-6-13(7-9-14)18(19(21)25)23-16-11-10-15(24(26)27)17(22-16)12-4-2-1-3-5-12/h1-11,18H,(H2,21,25)(H,22,23). The molecule has 0 spiro atoms. The summed E-state index contributed by atoms with van der Waals surface area (Å²) in [5.41, 5.74) is 6.46. The predicted molar refractivity (Wildman–Crippen MR) is 98.3 cm³/mol. The highest BCUT2D eigenvalue weighted by Crippen LogP contribution is 2.30. The van der Waals surface area contributed by atoms with E-state index in [0.717, 1.165) is 0 Å². The van der Waals surface area contributed by atoms with Gasteiger partial charge >= 0.3 is 0 Å². The highest BCUT2D eigenvalue weighted by Gasteiger charge is 2.22. The minimum absolute atomic E-state index is 0.160. The molecule has 1 aromatic heterocycles. The quantitative estimate of drug-likeness (QED) is 0.513. The fourth-order valence-electron chi connectivity index (χ4n) is 2.61. The molecule has 0 bridgehead atoms. The number of pyridine rings is 1. The third kappa shape index (κ3) is 4.06. The monoisotopic (exact) mass is 366 g/mol. The number of anilines is 1. The SMILES string of the molecule is NC(=O)C(Nc1ccc([N+](=O)[O-])c(-c2ccccc2)n1)c1ccc(F)cc1. The number of nitrogens with two attached hydrogens (primary N) is 1. The smallest absolute Gasteiger partial charge is 0.295 e. The topological polar surface area (TPSA) is 111 Å². The Balaban J connectivity index is 2.00. The molecule has 3 rings (SSSR count). The lowest BCUT2D eigenvalue weighted by atomic mass is 10.1. The van der Waals surface area contributed by atoms with Crippen molar-refractivity contribution in [2.24, 2.45) is 5.73 Å². The van der Waals surface area contributed by atoms with Gasteiger partial charge in [0.05, 0.1) is 4.92 Å². The van der Waals surface area contributed by atoms with E-state index in [0.29, 0.717) is 11.1 Å². The summed E-state index contributed by atoms with van der Waals surface area (Å²) in [6, 6.07) is 15.7. The summed E-state index contributed by atoms with van der Waals surface area (Å²) in [5.74, 6) is -0.905. The molecule has 0 saturated carbocycles. The lowest BCUT2D eigenvalue weighted by Crippen LogP contribution is -2.28. The molecule has 1 heterocycles. The number of nitrogens with one attached hydrogen (secondary N) is 1. The molecule has 0 saturated heterocycles. The van der Waals surface area contributed by atoms with E-state index < -0.39 is 22.7 Å². The summed E-state index contributed by atoms with van der Waals surface area (Å²) < 4.78 is 13.1. The number of rotatable bonds is 6. The van der Waals surface area contributed by atoms with Crippen LogP contribution in [0, 0.1) is 15.9 Å². The molecule has 27 heavy (non-hydrogen) atoms. The molecule has 0 aliphatic heterocycles. The molecule has 0 radical (unpaired) electrons. The van der Waals surface area contributed by atoms with Gasteiger partial charge in [0.2, 0.25) is 5.91 Å². The first kappa shape index (κ1) is 18.0. The Morgan fingerprint density at radius 1 is 1.07 bits per heavy atom. The Morgan fingerprint density at radius 3 is 2.33 bits per heavy atom. The van der Waals surface area contributed by atoms with Gasteiger partial charge in [0.1, 0.15) is 17.7 Å². The number of nitrogens with zero attached hydrogens (tertiary/aromatic N) is 2. The van der Waals surface area contributed by atoms with Gasteiger partial charge in [0, 0.05) is 11.6 Å². The molecule has 7 nitrogen and oxygen atoms in total. The van der Waals surface area contributed by atoms with Crippen molar-refractivity contribution >= 4 is 17.4 Å². The van der Waals surface area contributed by atoms with Crippen molar-refractivity contribution in [2.75, 3.05) is 5.32 Å². The van der Waals surface area contributed by atoms with Crippen molar-refractivity contribution in [3.05, 3.63) is 88.2 Å². The Morgan fingerprint density at radius 2 is 1.74 bits per heavy atom. The van der Waals surface area contributed by atoms with Crippen LogP contribution >= 0.6 is 0 Å². The summed E-state index contributed by atoms with van der Waals surface area (Å²) in [5, 5.41) is 14.2. The molecule has 1 atom stereocenters. The summed E-state index contributed by atoms with van der Waals surface area (Å²) >= 11 is 0. The molecular formula is C19H15FN4O3. The fraction of sp³-hybridized carbons (Fsp3) is 0.0526. The Kier molecular flexibility index (Phi) is 5.07. The maximum atomic E-state index is 13.1. The predicted octanol–water partition coefficient (Wildman–Crippen LogP) is 3.43. The molecule has 0 aliphatic carbocycles. The molecule has 2 aromatic carbocycles. The van der Waals surface area contributed by atoms with Crippen LogP contribution in [0.4, 0.5) is 15.9 Å². The van der Waals surface area contributed by atoms with Crippen LogP contribution in [-0.4, -0.2) is 15.8 Å². The highest BCUT2D eigenvalue weighted by atomic mass is 19.1. The number of aromatic nitrogens is 1. The molecule has 3 aromatic rings. The fourth-order valence-corrected chi connectivity index (χ4v) is 2.61. The van der Waals surface area contributed by atoms with Crippen molar-refractivity contribution in [3.63, 3.8) is 0 Å². The van der Waals surface area contributed by atoms with Crippen molar-refractivity contribution in [1.82, 2.24) is 4.98 Å². The summed E-state index contributed by atoms with van der Waals surface area (Å²) in [7, 11) is 0. The zero-order chi connectivity index (χ0) is 19.4. The Bertz CT molecular complexity index is 978. The summed E-state index contributed by atoms with van der Waals surface area (Å²) in [6.45, 7) is 0. The number of carbonyl (C=O) groups is 1. The normalized spacial score (nSPS) is 11.6. The van der Waals surface area contributed by atoms with Crippen molar-refractivity contribution in [3.8, 4) is 11.3 Å². The van der Waals surface area contributed by atoms with Gasteiger partial charge in [-0.2, -0.15) is 0 Å². The van der Waals surface area contributed by atoms with Gasteiger partial charge in [0.15, 0.2) is 5.69 Å².